The molecule has 3 heteroatoms. The summed E-state index contributed by atoms with van der Waals surface area (Å²) in [7, 11) is 0. The quantitative estimate of drug-likeness (QED) is 0.766. The molecule has 1 aromatic heterocycles. The van der Waals surface area contributed by atoms with Gasteiger partial charge in [-0.05, 0) is 36.5 Å². The summed E-state index contributed by atoms with van der Waals surface area (Å²) in [6.07, 6.45) is 4.00. The molecule has 0 radical (unpaired) electrons. The number of hydrogen-bond donors (Lipinski definition) is 1. The highest BCUT2D eigenvalue weighted by Crippen LogP contribution is 2.34. The minimum atomic E-state index is 0.294. The molecule has 3 nitrogen and oxygen atoms in total. The summed E-state index contributed by atoms with van der Waals surface area (Å²) in [6.45, 7) is 0.790. The molecule has 0 fully saturated rings. The van der Waals surface area contributed by atoms with E-state index in [1.807, 2.05) is 0 Å². The van der Waals surface area contributed by atoms with Crippen LogP contribution in [0.5, 0.6) is 5.75 Å². The van der Waals surface area contributed by atoms with E-state index < -0.39 is 0 Å². The lowest BCUT2D eigenvalue weighted by Crippen LogP contribution is -2.28. The van der Waals surface area contributed by atoms with Gasteiger partial charge in [0.2, 0.25) is 0 Å². The molecule has 4 rings (SSSR count). The van der Waals surface area contributed by atoms with Crippen LogP contribution in [0.3, 0.4) is 0 Å². The Kier molecular flexibility index (Phi) is 2.12. The van der Waals surface area contributed by atoms with Gasteiger partial charge in [0.25, 0.3) is 0 Å². The first kappa shape index (κ1) is 10.3. The highest BCUT2D eigenvalue weighted by atomic mass is 16.5. The van der Waals surface area contributed by atoms with Crippen molar-refractivity contribution in [2.45, 2.75) is 31.7 Å². The molecular formula is C15H16N2O. The van der Waals surface area contributed by atoms with Crippen LogP contribution in [0.2, 0.25) is 0 Å². The number of ether oxygens (including phenoxy) is 1. The summed E-state index contributed by atoms with van der Waals surface area (Å²) in [6, 6.07) is 6.87. The maximum absolute atomic E-state index is 6.03. The Morgan fingerprint density at radius 2 is 2.17 bits per heavy atom. The van der Waals surface area contributed by atoms with Gasteiger partial charge in [0.15, 0.2) is 0 Å². The van der Waals surface area contributed by atoms with Crippen molar-refractivity contribution in [3.05, 3.63) is 35.0 Å². The van der Waals surface area contributed by atoms with Crippen molar-refractivity contribution in [3.8, 4) is 5.75 Å². The summed E-state index contributed by atoms with van der Waals surface area (Å²) >= 11 is 0. The van der Waals surface area contributed by atoms with Gasteiger partial charge in [-0.25, -0.2) is 4.98 Å². The lowest BCUT2D eigenvalue weighted by atomic mass is 9.91. The Hall–Kier alpha value is -1.61. The smallest absolute Gasteiger partial charge is 0.148 e. The molecule has 0 saturated carbocycles. The van der Waals surface area contributed by atoms with Gasteiger partial charge in [0.05, 0.1) is 6.61 Å². The first-order chi connectivity index (χ1) is 8.81. The lowest BCUT2D eigenvalue weighted by Gasteiger charge is -2.21. The second-order valence-electron chi connectivity index (χ2n) is 5.32. The van der Waals surface area contributed by atoms with Gasteiger partial charge in [0, 0.05) is 23.5 Å². The topological polar surface area (TPSA) is 48.1 Å². The third kappa shape index (κ3) is 1.44. The van der Waals surface area contributed by atoms with Crippen molar-refractivity contribution in [3.63, 3.8) is 0 Å². The SMILES string of the molecule is NC1CCc2nc3c4c(ccc3cc2C1)CCO4. The van der Waals surface area contributed by atoms with Crippen molar-refractivity contribution in [2.24, 2.45) is 5.73 Å². The molecule has 2 heterocycles. The van der Waals surface area contributed by atoms with Crippen LogP contribution >= 0.6 is 0 Å². The van der Waals surface area contributed by atoms with Crippen LogP contribution in [-0.2, 0) is 19.3 Å². The molecular weight excluding hydrogens is 224 g/mol. The van der Waals surface area contributed by atoms with E-state index in [2.05, 4.69) is 18.2 Å². The van der Waals surface area contributed by atoms with Crippen molar-refractivity contribution in [1.82, 2.24) is 4.98 Å². The second-order valence-corrected chi connectivity index (χ2v) is 5.32. The number of aromatic nitrogens is 1. The number of benzene rings is 1. The van der Waals surface area contributed by atoms with E-state index >= 15 is 0 Å². The number of hydrogen-bond acceptors (Lipinski definition) is 3. The average Bonchev–Trinajstić information content (AvgIpc) is 2.85. The highest BCUT2D eigenvalue weighted by molar-refractivity contribution is 5.87. The predicted octanol–water partition coefficient (Wildman–Crippen LogP) is 1.99. The zero-order valence-electron chi connectivity index (χ0n) is 10.3. The van der Waals surface area contributed by atoms with E-state index in [1.165, 1.54) is 22.2 Å². The van der Waals surface area contributed by atoms with E-state index in [0.29, 0.717) is 6.04 Å². The standard InChI is InChI=1S/C15H16N2O/c16-12-3-4-13-11(8-12)7-10-2-1-9-5-6-18-15(9)14(10)17-13/h1-2,7,12H,3-6,8,16H2. The van der Waals surface area contributed by atoms with Crippen LogP contribution in [-0.4, -0.2) is 17.6 Å². The Bertz CT molecular complexity index is 636. The van der Waals surface area contributed by atoms with Crippen LogP contribution in [0.4, 0.5) is 0 Å². The number of rotatable bonds is 0. The lowest BCUT2D eigenvalue weighted by molar-refractivity contribution is 0.359. The van der Waals surface area contributed by atoms with Gasteiger partial charge in [-0.15, -0.1) is 0 Å². The van der Waals surface area contributed by atoms with Crippen LogP contribution in [0, 0.1) is 0 Å². The Morgan fingerprint density at radius 3 is 3.11 bits per heavy atom. The third-order valence-corrected chi connectivity index (χ3v) is 4.04. The molecule has 1 unspecified atom stereocenters. The Morgan fingerprint density at radius 1 is 1.22 bits per heavy atom. The molecule has 2 N–H and O–H groups in total. The molecule has 0 amide bonds. The van der Waals surface area contributed by atoms with Gasteiger partial charge < -0.3 is 10.5 Å². The number of pyridine rings is 1. The fraction of sp³-hybridized carbons (Fsp3) is 0.400. The maximum Gasteiger partial charge on any atom is 0.148 e. The number of nitrogens with two attached hydrogens (primary N) is 1. The molecule has 1 aliphatic carbocycles. The fourth-order valence-corrected chi connectivity index (χ4v) is 3.06. The van der Waals surface area contributed by atoms with Crippen molar-refractivity contribution in [1.29, 1.82) is 0 Å². The first-order valence-electron chi connectivity index (χ1n) is 6.64. The van der Waals surface area contributed by atoms with Gasteiger partial charge in [-0.3, -0.25) is 0 Å². The minimum Gasteiger partial charge on any atom is -0.491 e. The van der Waals surface area contributed by atoms with Crippen LogP contribution in [0.25, 0.3) is 10.9 Å². The van der Waals surface area contributed by atoms with Crippen LogP contribution < -0.4 is 10.5 Å². The van der Waals surface area contributed by atoms with Gasteiger partial charge in [-0.2, -0.15) is 0 Å². The molecule has 2 aromatic rings. The molecule has 0 bridgehead atoms. The second kappa shape index (κ2) is 3.69. The largest absolute Gasteiger partial charge is 0.491 e. The van der Waals surface area contributed by atoms with E-state index in [4.69, 9.17) is 15.5 Å². The number of aryl methyl sites for hydroxylation is 1. The Labute approximate surface area is 106 Å². The molecule has 1 atom stereocenters. The van der Waals surface area contributed by atoms with Gasteiger partial charge in [-0.1, -0.05) is 12.1 Å². The zero-order valence-corrected chi connectivity index (χ0v) is 10.3. The molecule has 0 saturated heterocycles. The molecule has 2 aliphatic rings. The van der Waals surface area contributed by atoms with Gasteiger partial charge in [0.1, 0.15) is 11.3 Å². The van der Waals surface area contributed by atoms with Crippen molar-refractivity contribution < 1.29 is 4.74 Å². The predicted molar refractivity (Wildman–Crippen MR) is 70.9 cm³/mol. The van der Waals surface area contributed by atoms with Crippen LogP contribution in [0.15, 0.2) is 18.2 Å². The third-order valence-electron chi connectivity index (χ3n) is 4.04. The summed E-state index contributed by atoms with van der Waals surface area (Å²) in [5.41, 5.74) is 10.9. The molecule has 18 heavy (non-hydrogen) atoms. The summed E-state index contributed by atoms with van der Waals surface area (Å²) in [5, 5.41) is 1.18. The van der Waals surface area contributed by atoms with Crippen molar-refractivity contribution in [2.75, 3.05) is 6.61 Å². The van der Waals surface area contributed by atoms with E-state index in [1.54, 1.807) is 0 Å². The normalized spacial score (nSPS) is 21.5. The minimum absolute atomic E-state index is 0.294. The summed E-state index contributed by atoms with van der Waals surface area (Å²) in [4.78, 5) is 4.84. The summed E-state index contributed by atoms with van der Waals surface area (Å²) in [5.74, 6) is 1.00. The van der Waals surface area contributed by atoms with Gasteiger partial charge >= 0.3 is 0 Å². The maximum atomic E-state index is 6.03. The Balaban J connectivity index is 1.96. The molecule has 92 valence electrons. The van der Waals surface area contributed by atoms with E-state index in [-0.39, 0.29) is 0 Å². The van der Waals surface area contributed by atoms with Crippen LogP contribution in [0.1, 0.15) is 23.2 Å². The highest BCUT2D eigenvalue weighted by Gasteiger charge is 2.21. The monoisotopic (exact) mass is 240 g/mol. The number of nitrogens with zero attached hydrogens (tertiary/aromatic N) is 1. The van der Waals surface area contributed by atoms with E-state index in [9.17, 15) is 0 Å². The fourth-order valence-electron chi connectivity index (χ4n) is 3.06. The van der Waals surface area contributed by atoms with Crippen molar-refractivity contribution >= 4 is 10.9 Å². The molecule has 1 aromatic carbocycles. The van der Waals surface area contributed by atoms with E-state index in [0.717, 1.165) is 43.6 Å². The number of fused-ring (bicyclic) bond motifs is 4. The summed E-state index contributed by atoms with van der Waals surface area (Å²) < 4.78 is 5.74. The zero-order chi connectivity index (χ0) is 12.1. The molecule has 1 aliphatic heterocycles. The first-order valence-corrected chi connectivity index (χ1v) is 6.64. The average molecular weight is 240 g/mol. The molecule has 0 spiro atoms.